The van der Waals surface area contributed by atoms with E-state index in [0.29, 0.717) is 29.3 Å². The lowest BCUT2D eigenvalue weighted by Gasteiger charge is -2.06. The van der Waals surface area contributed by atoms with Crippen LogP contribution in [-0.2, 0) is 11.3 Å². The summed E-state index contributed by atoms with van der Waals surface area (Å²) in [7, 11) is 1.63. The minimum atomic E-state index is 0.437. The Bertz CT molecular complexity index is 501. The molecule has 6 nitrogen and oxygen atoms in total. The predicted octanol–water partition coefficient (Wildman–Crippen LogP) is 1.95. The summed E-state index contributed by atoms with van der Waals surface area (Å²) in [6, 6.07) is 0. The second-order valence-corrected chi connectivity index (χ2v) is 5.75. The molecule has 0 bridgehead atoms. The first-order valence-corrected chi connectivity index (χ1v) is 7.53. The van der Waals surface area contributed by atoms with Gasteiger partial charge in [0.25, 0.3) is 0 Å². The van der Waals surface area contributed by atoms with Crippen LogP contribution in [0.15, 0.2) is 5.10 Å². The zero-order valence-electron chi connectivity index (χ0n) is 12.8. The Balaban J connectivity index is 2.60. The third-order valence-corrected chi connectivity index (χ3v) is 3.23. The van der Waals surface area contributed by atoms with Gasteiger partial charge in [-0.15, -0.1) is 0 Å². The van der Waals surface area contributed by atoms with Crippen molar-refractivity contribution in [2.24, 2.45) is 11.0 Å². The van der Waals surface area contributed by atoms with Gasteiger partial charge in [0, 0.05) is 20.2 Å². The number of aromatic nitrogens is 2. The zero-order valence-corrected chi connectivity index (χ0v) is 14.4. The molecule has 1 heterocycles. The summed E-state index contributed by atoms with van der Waals surface area (Å²) in [6.45, 7) is 8.12. The maximum Gasteiger partial charge on any atom is 0.187 e. The van der Waals surface area contributed by atoms with Crippen molar-refractivity contribution in [2.75, 3.05) is 20.3 Å². The number of ether oxygens (including phenoxy) is 1. The van der Waals surface area contributed by atoms with Gasteiger partial charge in [0.2, 0.25) is 0 Å². The van der Waals surface area contributed by atoms with Crippen LogP contribution in [-0.4, -0.2) is 41.4 Å². The molecule has 1 rings (SSSR count). The molecule has 0 saturated heterocycles. The molecule has 0 spiro atoms. The standard InChI is InChI=1S/C13H22ClN5OS/c1-9(2)8-19-12(14)11(10(3)18-19)7-16-17-13(21)15-5-6-20-4/h7,9H,5-6,8H2,1-4H3,(H2,15,17,21)/b16-7-. The molecule has 0 aliphatic rings. The van der Waals surface area contributed by atoms with Crippen LogP contribution in [0.3, 0.4) is 0 Å². The van der Waals surface area contributed by atoms with Gasteiger partial charge in [-0.1, -0.05) is 25.4 Å². The van der Waals surface area contributed by atoms with Gasteiger partial charge >= 0.3 is 0 Å². The summed E-state index contributed by atoms with van der Waals surface area (Å²) in [4.78, 5) is 0. The summed E-state index contributed by atoms with van der Waals surface area (Å²) in [5.74, 6) is 0.474. The Morgan fingerprint density at radius 1 is 1.57 bits per heavy atom. The third kappa shape index (κ3) is 5.99. The van der Waals surface area contributed by atoms with Gasteiger partial charge in [-0.2, -0.15) is 10.2 Å². The van der Waals surface area contributed by atoms with E-state index in [1.54, 1.807) is 18.0 Å². The summed E-state index contributed by atoms with van der Waals surface area (Å²) < 4.78 is 6.70. The van der Waals surface area contributed by atoms with Crippen molar-refractivity contribution < 1.29 is 4.74 Å². The van der Waals surface area contributed by atoms with Gasteiger partial charge in [-0.3, -0.25) is 10.1 Å². The van der Waals surface area contributed by atoms with E-state index < -0.39 is 0 Å². The number of hydrazone groups is 1. The van der Waals surface area contributed by atoms with E-state index in [4.69, 9.17) is 28.6 Å². The molecule has 0 aliphatic heterocycles. The molecule has 2 N–H and O–H groups in total. The first-order valence-electron chi connectivity index (χ1n) is 6.74. The SMILES string of the molecule is COCCNC(=S)N/N=C\c1c(C)nn(CC(C)C)c1Cl. The first kappa shape index (κ1) is 17.9. The number of hydrogen-bond acceptors (Lipinski definition) is 4. The number of nitrogens with zero attached hydrogens (tertiary/aromatic N) is 3. The highest BCUT2D eigenvalue weighted by Crippen LogP contribution is 2.18. The van der Waals surface area contributed by atoms with E-state index in [1.807, 2.05) is 6.92 Å². The lowest BCUT2D eigenvalue weighted by atomic mass is 10.2. The molecule has 0 atom stereocenters. The normalized spacial score (nSPS) is 11.3. The molecule has 0 fully saturated rings. The summed E-state index contributed by atoms with van der Waals surface area (Å²) in [5, 5.41) is 12.5. The van der Waals surface area contributed by atoms with E-state index >= 15 is 0 Å². The van der Waals surface area contributed by atoms with Crippen LogP contribution in [0.5, 0.6) is 0 Å². The highest BCUT2D eigenvalue weighted by Gasteiger charge is 2.12. The van der Waals surface area contributed by atoms with Gasteiger partial charge in [0.15, 0.2) is 5.11 Å². The Morgan fingerprint density at radius 2 is 2.29 bits per heavy atom. The molecule has 118 valence electrons. The molecule has 21 heavy (non-hydrogen) atoms. The van der Waals surface area contributed by atoms with Crippen LogP contribution < -0.4 is 10.7 Å². The Hall–Kier alpha value is -1.18. The second-order valence-electron chi connectivity index (χ2n) is 4.98. The van der Waals surface area contributed by atoms with Crippen LogP contribution >= 0.6 is 23.8 Å². The quantitative estimate of drug-likeness (QED) is 0.346. The number of rotatable bonds is 7. The average molecular weight is 332 g/mol. The van der Waals surface area contributed by atoms with Crippen molar-refractivity contribution in [3.05, 3.63) is 16.4 Å². The Morgan fingerprint density at radius 3 is 2.90 bits per heavy atom. The second kappa shape index (κ2) is 8.96. The van der Waals surface area contributed by atoms with Crippen LogP contribution in [0.4, 0.5) is 0 Å². The Kier molecular flexibility index (Phi) is 7.63. The van der Waals surface area contributed by atoms with Crippen LogP contribution in [0.25, 0.3) is 0 Å². The van der Waals surface area contributed by atoms with E-state index in [0.717, 1.165) is 17.8 Å². The number of methoxy groups -OCH3 is 1. The zero-order chi connectivity index (χ0) is 15.8. The third-order valence-electron chi connectivity index (χ3n) is 2.60. The fourth-order valence-electron chi connectivity index (χ4n) is 1.64. The molecule has 0 radical (unpaired) electrons. The van der Waals surface area contributed by atoms with Crippen molar-refractivity contribution in [3.63, 3.8) is 0 Å². The van der Waals surface area contributed by atoms with E-state index in [9.17, 15) is 0 Å². The summed E-state index contributed by atoms with van der Waals surface area (Å²) >= 11 is 11.4. The average Bonchev–Trinajstić information content (AvgIpc) is 2.66. The number of halogens is 1. The highest BCUT2D eigenvalue weighted by atomic mass is 35.5. The van der Waals surface area contributed by atoms with Gasteiger partial charge in [-0.05, 0) is 25.1 Å². The lowest BCUT2D eigenvalue weighted by Crippen LogP contribution is -2.34. The van der Waals surface area contributed by atoms with Crippen LogP contribution in [0.2, 0.25) is 5.15 Å². The smallest absolute Gasteiger partial charge is 0.187 e. The topological polar surface area (TPSA) is 63.5 Å². The largest absolute Gasteiger partial charge is 0.383 e. The van der Waals surface area contributed by atoms with Crippen molar-refractivity contribution in [2.45, 2.75) is 27.3 Å². The van der Waals surface area contributed by atoms with Gasteiger partial charge in [0.05, 0.1) is 24.1 Å². The van der Waals surface area contributed by atoms with E-state index in [1.165, 1.54) is 0 Å². The number of aryl methyl sites for hydroxylation is 1. The molecule has 8 heteroatoms. The maximum atomic E-state index is 6.31. The number of nitrogens with one attached hydrogen (secondary N) is 2. The van der Waals surface area contributed by atoms with Crippen molar-refractivity contribution in [1.82, 2.24) is 20.5 Å². The maximum absolute atomic E-state index is 6.31. The predicted molar refractivity (Wildman–Crippen MR) is 90.0 cm³/mol. The minimum Gasteiger partial charge on any atom is -0.383 e. The molecule has 0 aliphatic carbocycles. The Labute approximate surface area is 135 Å². The monoisotopic (exact) mass is 331 g/mol. The fraction of sp³-hybridized carbons (Fsp3) is 0.615. The van der Waals surface area contributed by atoms with E-state index in [2.05, 4.69) is 34.8 Å². The lowest BCUT2D eigenvalue weighted by molar-refractivity contribution is 0.204. The molecule has 0 aromatic carbocycles. The number of hydrogen-bond donors (Lipinski definition) is 2. The van der Waals surface area contributed by atoms with Crippen molar-refractivity contribution in [3.8, 4) is 0 Å². The number of thiocarbonyl (C=S) groups is 1. The van der Waals surface area contributed by atoms with Gasteiger partial charge in [0.1, 0.15) is 5.15 Å². The van der Waals surface area contributed by atoms with Crippen LogP contribution in [0.1, 0.15) is 25.1 Å². The van der Waals surface area contributed by atoms with Crippen LogP contribution in [0, 0.1) is 12.8 Å². The van der Waals surface area contributed by atoms with Crippen molar-refractivity contribution >= 4 is 35.1 Å². The molecular weight excluding hydrogens is 310 g/mol. The van der Waals surface area contributed by atoms with E-state index in [-0.39, 0.29) is 0 Å². The fourth-order valence-corrected chi connectivity index (χ4v) is 2.09. The molecule has 0 saturated carbocycles. The molecular formula is C13H22ClN5OS. The summed E-state index contributed by atoms with van der Waals surface area (Å²) in [5.41, 5.74) is 4.37. The van der Waals surface area contributed by atoms with Gasteiger partial charge in [-0.25, -0.2) is 0 Å². The molecule has 0 unspecified atom stereocenters. The first-order chi connectivity index (χ1) is 9.95. The minimum absolute atomic E-state index is 0.437. The molecule has 1 aromatic heterocycles. The molecule has 0 amide bonds. The summed E-state index contributed by atoms with van der Waals surface area (Å²) in [6.07, 6.45) is 1.63. The van der Waals surface area contributed by atoms with Gasteiger partial charge < -0.3 is 10.1 Å². The highest BCUT2D eigenvalue weighted by molar-refractivity contribution is 7.80. The van der Waals surface area contributed by atoms with Crippen molar-refractivity contribution in [1.29, 1.82) is 0 Å². The molecule has 1 aromatic rings.